The Balaban J connectivity index is 1.97. The zero-order valence-electron chi connectivity index (χ0n) is 10.1. The minimum Gasteiger partial charge on any atom is -0.296 e. The van der Waals surface area contributed by atoms with E-state index in [1.165, 1.54) is 5.56 Å². The highest BCUT2D eigenvalue weighted by molar-refractivity contribution is 5.14. The van der Waals surface area contributed by atoms with Gasteiger partial charge in [-0.25, -0.2) is 5.01 Å². The van der Waals surface area contributed by atoms with Crippen molar-refractivity contribution in [1.82, 2.24) is 9.91 Å². The summed E-state index contributed by atoms with van der Waals surface area (Å²) >= 11 is 0. The number of hydrogen-bond donors (Lipinski definition) is 1. The first kappa shape index (κ1) is 11.6. The molecular formula is C13H21N3. The van der Waals surface area contributed by atoms with Gasteiger partial charge in [0.2, 0.25) is 0 Å². The van der Waals surface area contributed by atoms with Crippen molar-refractivity contribution >= 4 is 0 Å². The van der Waals surface area contributed by atoms with Crippen molar-refractivity contribution in [2.24, 2.45) is 5.84 Å². The van der Waals surface area contributed by atoms with Crippen LogP contribution >= 0.6 is 0 Å². The van der Waals surface area contributed by atoms with Crippen LogP contribution in [-0.2, 0) is 6.54 Å². The fraction of sp³-hybridized carbons (Fsp3) is 0.538. The highest BCUT2D eigenvalue weighted by Gasteiger charge is 2.26. The molecule has 1 aliphatic heterocycles. The molecule has 0 spiro atoms. The first-order valence-electron chi connectivity index (χ1n) is 5.96. The van der Waals surface area contributed by atoms with Crippen LogP contribution in [0.3, 0.4) is 0 Å². The van der Waals surface area contributed by atoms with Crippen molar-refractivity contribution in [3.63, 3.8) is 0 Å². The number of rotatable bonds is 2. The van der Waals surface area contributed by atoms with Gasteiger partial charge in [0, 0.05) is 31.7 Å². The molecule has 16 heavy (non-hydrogen) atoms. The molecule has 2 atom stereocenters. The molecule has 0 amide bonds. The van der Waals surface area contributed by atoms with Gasteiger partial charge in [-0.2, -0.15) is 0 Å². The summed E-state index contributed by atoms with van der Waals surface area (Å²) in [5.74, 6) is 5.98. The highest BCUT2D eigenvalue weighted by atomic mass is 15.5. The molecule has 1 saturated heterocycles. The molecule has 0 bridgehead atoms. The van der Waals surface area contributed by atoms with Crippen molar-refractivity contribution < 1.29 is 0 Å². The summed E-state index contributed by atoms with van der Waals surface area (Å²) in [6.45, 7) is 7.51. The lowest BCUT2D eigenvalue weighted by Gasteiger charge is -2.41. The van der Waals surface area contributed by atoms with Crippen LogP contribution in [0.25, 0.3) is 0 Å². The molecule has 1 fully saturated rings. The van der Waals surface area contributed by atoms with E-state index in [-0.39, 0.29) is 0 Å². The maximum absolute atomic E-state index is 5.98. The molecule has 0 aromatic heterocycles. The molecule has 0 saturated carbocycles. The largest absolute Gasteiger partial charge is 0.296 e. The normalized spacial score (nSPS) is 28.2. The predicted molar refractivity (Wildman–Crippen MR) is 66.7 cm³/mol. The van der Waals surface area contributed by atoms with Crippen LogP contribution in [0.4, 0.5) is 0 Å². The van der Waals surface area contributed by atoms with E-state index in [2.05, 4.69) is 49.1 Å². The maximum atomic E-state index is 5.98. The topological polar surface area (TPSA) is 32.5 Å². The van der Waals surface area contributed by atoms with Gasteiger partial charge in [0.1, 0.15) is 0 Å². The minimum atomic E-state index is 0.437. The Morgan fingerprint density at radius 2 is 1.69 bits per heavy atom. The van der Waals surface area contributed by atoms with Crippen LogP contribution in [0.5, 0.6) is 0 Å². The maximum Gasteiger partial charge on any atom is 0.0343 e. The van der Waals surface area contributed by atoms with E-state index >= 15 is 0 Å². The lowest BCUT2D eigenvalue weighted by molar-refractivity contribution is 0.0347. The Kier molecular flexibility index (Phi) is 3.59. The second-order valence-electron chi connectivity index (χ2n) is 4.82. The second-order valence-corrected chi connectivity index (χ2v) is 4.82. The molecular weight excluding hydrogens is 198 g/mol. The third kappa shape index (κ3) is 2.61. The molecule has 1 heterocycles. The van der Waals surface area contributed by atoms with Crippen molar-refractivity contribution in [2.75, 3.05) is 13.1 Å². The van der Waals surface area contributed by atoms with E-state index < -0.39 is 0 Å². The summed E-state index contributed by atoms with van der Waals surface area (Å²) in [5.41, 5.74) is 1.38. The molecule has 1 aromatic rings. The zero-order valence-corrected chi connectivity index (χ0v) is 10.1. The fourth-order valence-corrected chi connectivity index (χ4v) is 2.42. The summed E-state index contributed by atoms with van der Waals surface area (Å²) in [7, 11) is 0. The Hall–Kier alpha value is -0.900. The average molecular weight is 219 g/mol. The minimum absolute atomic E-state index is 0.437. The lowest BCUT2D eigenvalue weighted by atomic mass is 10.1. The van der Waals surface area contributed by atoms with Crippen molar-refractivity contribution in [3.8, 4) is 0 Å². The molecule has 0 unspecified atom stereocenters. The monoisotopic (exact) mass is 219 g/mol. The number of hydrogen-bond acceptors (Lipinski definition) is 3. The van der Waals surface area contributed by atoms with E-state index in [0.717, 1.165) is 19.6 Å². The molecule has 2 N–H and O–H groups in total. The van der Waals surface area contributed by atoms with E-state index in [9.17, 15) is 0 Å². The van der Waals surface area contributed by atoms with Crippen molar-refractivity contribution in [3.05, 3.63) is 35.9 Å². The van der Waals surface area contributed by atoms with Gasteiger partial charge in [-0.05, 0) is 19.4 Å². The second kappa shape index (κ2) is 4.95. The van der Waals surface area contributed by atoms with Crippen LogP contribution in [0.2, 0.25) is 0 Å². The van der Waals surface area contributed by atoms with E-state index in [4.69, 9.17) is 5.84 Å². The van der Waals surface area contributed by atoms with Gasteiger partial charge in [0.05, 0.1) is 0 Å². The molecule has 1 aliphatic rings. The third-order valence-corrected chi connectivity index (χ3v) is 3.31. The van der Waals surface area contributed by atoms with Gasteiger partial charge >= 0.3 is 0 Å². The summed E-state index contributed by atoms with van der Waals surface area (Å²) in [4.78, 5) is 2.48. The Bertz CT molecular complexity index is 313. The highest BCUT2D eigenvalue weighted by Crippen LogP contribution is 2.14. The molecule has 88 valence electrons. The number of hydrazine groups is 1. The molecule has 3 nitrogen and oxygen atoms in total. The lowest BCUT2D eigenvalue weighted by Crippen LogP contribution is -2.59. The average Bonchev–Trinajstić information content (AvgIpc) is 2.27. The van der Waals surface area contributed by atoms with Gasteiger partial charge in [0.25, 0.3) is 0 Å². The fourth-order valence-electron chi connectivity index (χ4n) is 2.42. The number of benzene rings is 1. The zero-order chi connectivity index (χ0) is 11.5. The molecule has 0 aliphatic carbocycles. The summed E-state index contributed by atoms with van der Waals surface area (Å²) in [6.07, 6.45) is 0. The molecule has 0 radical (unpaired) electrons. The molecule has 1 aromatic carbocycles. The van der Waals surface area contributed by atoms with Gasteiger partial charge in [-0.15, -0.1) is 0 Å². The van der Waals surface area contributed by atoms with Gasteiger partial charge in [0.15, 0.2) is 0 Å². The summed E-state index contributed by atoms with van der Waals surface area (Å²) < 4.78 is 0. The van der Waals surface area contributed by atoms with Crippen LogP contribution in [-0.4, -0.2) is 35.1 Å². The Labute approximate surface area is 97.8 Å². The van der Waals surface area contributed by atoms with Gasteiger partial charge < -0.3 is 0 Å². The predicted octanol–water partition coefficient (Wildman–Crippen LogP) is 1.45. The SMILES string of the molecule is C[C@@H]1CN(Cc2ccccc2)C[C@H](C)N1N. The van der Waals surface area contributed by atoms with E-state index in [1.807, 2.05) is 5.01 Å². The Morgan fingerprint density at radius 3 is 2.25 bits per heavy atom. The first-order chi connectivity index (χ1) is 7.66. The number of nitrogens with two attached hydrogens (primary N) is 1. The van der Waals surface area contributed by atoms with Crippen LogP contribution < -0.4 is 5.84 Å². The Morgan fingerprint density at radius 1 is 1.12 bits per heavy atom. The van der Waals surface area contributed by atoms with Crippen LogP contribution in [0.15, 0.2) is 30.3 Å². The molecule has 3 heteroatoms. The van der Waals surface area contributed by atoms with Gasteiger partial charge in [-0.3, -0.25) is 10.7 Å². The van der Waals surface area contributed by atoms with Gasteiger partial charge in [-0.1, -0.05) is 30.3 Å². The standard InChI is InChI=1S/C13H21N3/c1-11-8-15(9-12(2)16(11)14)10-13-6-4-3-5-7-13/h3-7,11-12H,8-10,14H2,1-2H3/t11-,12+. The summed E-state index contributed by atoms with van der Waals surface area (Å²) in [6, 6.07) is 11.5. The number of piperazine rings is 1. The first-order valence-corrected chi connectivity index (χ1v) is 5.96. The van der Waals surface area contributed by atoms with E-state index in [1.54, 1.807) is 0 Å². The van der Waals surface area contributed by atoms with Crippen LogP contribution in [0, 0.1) is 0 Å². The third-order valence-electron chi connectivity index (χ3n) is 3.31. The smallest absolute Gasteiger partial charge is 0.0343 e. The molecule has 2 rings (SSSR count). The van der Waals surface area contributed by atoms with E-state index in [0.29, 0.717) is 12.1 Å². The van der Waals surface area contributed by atoms with Crippen LogP contribution in [0.1, 0.15) is 19.4 Å². The van der Waals surface area contributed by atoms with Crippen molar-refractivity contribution in [2.45, 2.75) is 32.5 Å². The number of nitrogens with zero attached hydrogens (tertiary/aromatic N) is 2. The quantitative estimate of drug-likeness (QED) is 0.764. The van der Waals surface area contributed by atoms with Crippen molar-refractivity contribution in [1.29, 1.82) is 0 Å². The summed E-state index contributed by atoms with van der Waals surface area (Å²) in [5, 5.41) is 1.97.